The van der Waals surface area contributed by atoms with Crippen LogP contribution in [0.3, 0.4) is 0 Å². The maximum atomic E-state index is 12.0. The zero-order chi connectivity index (χ0) is 15.4. The molecule has 2 unspecified atom stereocenters. The van der Waals surface area contributed by atoms with Crippen molar-refractivity contribution in [3.63, 3.8) is 0 Å². The molecule has 1 amide bonds. The minimum absolute atomic E-state index is 0.0661. The highest BCUT2D eigenvalue weighted by Crippen LogP contribution is 2.17. The van der Waals surface area contributed by atoms with Crippen LogP contribution in [-0.2, 0) is 23.1 Å². The third-order valence-electron chi connectivity index (χ3n) is 3.49. The molecule has 0 saturated heterocycles. The monoisotopic (exact) mass is 281 g/mol. The number of carbonyl (C=O) groups is 2. The number of aromatic nitrogens is 2. The molecular weight excluding hydrogens is 258 g/mol. The van der Waals surface area contributed by atoms with Crippen LogP contribution in [-0.4, -0.2) is 32.8 Å². The fourth-order valence-corrected chi connectivity index (χ4v) is 2.21. The number of nitrogens with one attached hydrogen (secondary N) is 1. The smallest absolute Gasteiger partial charge is 0.305 e. The van der Waals surface area contributed by atoms with Crippen LogP contribution in [0.15, 0.2) is 0 Å². The van der Waals surface area contributed by atoms with Gasteiger partial charge in [-0.3, -0.25) is 14.3 Å². The molecule has 0 aliphatic carbocycles. The molecule has 1 rings (SSSR count). The Hall–Kier alpha value is -1.85. The minimum Gasteiger partial charge on any atom is -0.481 e. The van der Waals surface area contributed by atoms with E-state index in [4.69, 9.17) is 5.11 Å². The molecule has 6 nitrogen and oxygen atoms in total. The van der Waals surface area contributed by atoms with Crippen LogP contribution in [0.4, 0.5) is 0 Å². The van der Waals surface area contributed by atoms with Crippen LogP contribution in [0.1, 0.15) is 37.2 Å². The first kappa shape index (κ1) is 16.2. The van der Waals surface area contributed by atoms with Crippen LogP contribution >= 0.6 is 0 Å². The van der Waals surface area contributed by atoms with Crippen molar-refractivity contribution in [3.05, 3.63) is 17.0 Å². The molecule has 0 spiro atoms. The van der Waals surface area contributed by atoms with Crippen molar-refractivity contribution in [2.75, 3.05) is 0 Å². The van der Waals surface area contributed by atoms with Crippen LogP contribution in [0, 0.1) is 19.8 Å². The summed E-state index contributed by atoms with van der Waals surface area (Å²) in [4.78, 5) is 22.6. The first-order valence-electron chi connectivity index (χ1n) is 6.73. The summed E-state index contributed by atoms with van der Waals surface area (Å²) in [5, 5.41) is 15.7. The van der Waals surface area contributed by atoms with E-state index in [1.54, 1.807) is 6.92 Å². The number of aryl methyl sites for hydroxylation is 2. The average molecular weight is 281 g/mol. The highest BCUT2D eigenvalue weighted by Gasteiger charge is 2.20. The molecule has 2 N–H and O–H groups in total. The topological polar surface area (TPSA) is 84.2 Å². The van der Waals surface area contributed by atoms with Crippen LogP contribution in [0.5, 0.6) is 0 Å². The number of aliphatic carboxylic acids is 1. The summed E-state index contributed by atoms with van der Waals surface area (Å²) >= 11 is 0. The molecule has 0 bridgehead atoms. The fraction of sp³-hybridized carbons (Fsp3) is 0.643. The second kappa shape index (κ2) is 6.54. The van der Waals surface area contributed by atoms with Gasteiger partial charge in [0.1, 0.15) is 0 Å². The Labute approximate surface area is 119 Å². The van der Waals surface area contributed by atoms with Gasteiger partial charge in [-0.2, -0.15) is 5.10 Å². The van der Waals surface area contributed by atoms with Crippen LogP contribution in [0.2, 0.25) is 0 Å². The molecule has 0 aliphatic heterocycles. The number of carboxylic acids is 1. The van der Waals surface area contributed by atoms with E-state index in [0.717, 1.165) is 17.0 Å². The van der Waals surface area contributed by atoms with Gasteiger partial charge in [0.15, 0.2) is 0 Å². The van der Waals surface area contributed by atoms with Crippen molar-refractivity contribution < 1.29 is 14.7 Å². The zero-order valence-electron chi connectivity index (χ0n) is 12.7. The maximum Gasteiger partial charge on any atom is 0.305 e. The maximum absolute atomic E-state index is 12.0. The summed E-state index contributed by atoms with van der Waals surface area (Å²) in [6.07, 6.45) is 0.542. The second-order valence-corrected chi connectivity index (χ2v) is 5.39. The molecular formula is C14H23N3O3. The van der Waals surface area contributed by atoms with Gasteiger partial charge < -0.3 is 10.4 Å². The summed E-state index contributed by atoms with van der Waals surface area (Å²) in [6, 6.07) is -0.362. The molecule has 112 valence electrons. The molecule has 1 heterocycles. The Kier molecular flexibility index (Phi) is 5.30. The fourth-order valence-electron chi connectivity index (χ4n) is 2.21. The van der Waals surface area contributed by atoms with E-state index in [9.17, 15) is 9.59 Å². The van der Waals surface area contributed by atoms with Gasteiger partial charge in [0.25, 0.3) is 0 Å². The summed E-state index contributed by atoms with van der Waals surface area (Å²) in [6.45, 7) is 7.45. The largest absolute Gasteiger partial charge is 0.481 e. The normalized spacial score (nSPS) is 13.8. The van der Waals surface area contributed by atoms with Gasteiger partial charge >= 0.3 is 5.97 Å². The average Bonchev–Trinajstić information content (AvgIpc) is 2.54. The first-order valence-corrected chi connectivity index (χ1v) is 6.73. The van der Waals surface area contributed by atoms with E-state index in [1.807, 2.05) is 32.5 Å². The Morgan fingerprint density at radius 1 is 1.35 bits per heavy atom. The lowest BCUT2D eigenvalue weighted by atomic mass is 9.98. The molecule has 0 aromatic carbocycles. The predicted octanol–water partition coefficient (Wildman–Crippen LogP) is 1.19. The molecule has 0 fully saturated rings. The quantitative estimate of drug-likeness (QED) is 0.820. The first-order chi connectivity index (χ1) is 9.22. The Balaban J connectivity index is 2.64. The number of carboxylic acid groups (broad SMARTS) is 1. The van der Waals surface area contributed by atoms with Crippen molar-refractivity contribution in [2.24, 2.45) is 13.0 Å². The second-order valence-electron chi connectivity index (χ2n) is 5.39. The van der Waals surface area contributed by atoms with Crippen LogP contribution in [0.25, 0.3) is 0 Å². The SMILES string of the molecule is Cc1nn(C)c(C)c1CC(C)C(=O)NC(C)CC(=O)O. The number of amides is 1. The Morgan fingerprint density at radius 3 is 2.40 bits per heavy atom. The van der Waals surface area contributed by atoms with Gasteiger partial charge in [-0.1, -0.05) is 6.92 Å². The van der Waals surface area contributed by atoms with E-state index < -0.39 is 5.97 Å². The standard InChI is InChI=1S/C14H23N3O3/c1-8(14(20)15-9(2)7-13(18)19)6-12-10(3)16-17(5)11(12)4/h8-9H,6-7H2,1-5H3,(H,15,20)(H,18,19). The highest BCUT2D eigenvalue weighted by atomic mass is 16.4. The van der Waals surface area contributed by atoms with Gasteiger partial charge in [0.05, 0.1) is 12.1 Å². The van der Waals surface area contributed by atoms with Crippen molar-refractivity contribution in [2.45, 2.75) is 46.6 Å². The number of hydrogen-bond acceptors (Lipinski definition) is 3. The van der Waals surface area contributed by atoms with Gasteiger partial charge in [0.2, 0.25) is 5.91 Å². The Bertz CT molecular complexity index is 508. The lowest BCUT2D eigenvalue weighted by Crippen LogP contribution is -2.38. The van der Waals surface area contributed by atoms with E-state index in [0.29, 0.717) is 6.42 Å². The van der Waals surface area contributed by atoms with Gasteiger partial charge in [0, 0.05) is 24.7 Å². The summed E-state index contributed by atoms with van der Waals surface area (Å²) in [5.74, 6) is -1.25. The summed E-state index contributed by atoms with van der Waals surface area (Å²) < 4.78 is 1.81. The number of carbonyl (C=O) groups excluding carboxylic acids is 1. The molecule has 20 heavy (non-hydrogen) atoms. The van der Waals surface area contributed by atoms with Crippen molar-refractivity contribution in [1.82, 2.24) is 15.1 Å². The van der Waals surface area contributed by atoms with Crippen molar-refractivity contribution >= 4 is 11.9 Å². The Morgan fingerprint density at radius 2 is 1.95 bits per heavy atom. The molecule has 6 heteroatoms. The third kappa shape index (κ3) is 4.08. The number of rotatable bonds is 6. The summed E-state index contributed by atoms with van der Waals surface area (Å²) in [5.41, 5.74) is 3.07. The van der Waals surface area contributed by atoms with E-state index in [1.165, 1.54) is 0 Å². The van der Waals surface area contributed by atoms with Crippen LogP contribution < -0.4 is 5.32 Å². The van der Waals surface area contributed by atoms with E-state index >= 15 is 0 Å². The molecule has 0 saturated carbocycles. The predicted molar refractivity (Wildman–Crippen MR) is 75.4 cm³/mol. The van der Waals surface area contributed by atoms with Crippen molar-refractivity contribution in [1.29, 1.82) is 0 Å². The van der Waals surface area contributed by atoms with Crippen molar-refractivity contribution in [3.8, 4) is 0 Å². The lowest BCUT2D eigenvalue weighted by Gasteiger charge is -2.16. The zero-order valence-corrected chi connectivity index (χ0v) is 12.7. The lowest BCUT2D eigenvalue weighted by molar-refractivity contribution is -0.137. The molecule has 0 radical (unpaired) electrons. The minimum atomic E-state index is -0.913. The highest BCUT2D eigenvalue weighted by molar-refractivity contribution is 5.79. The van der Waals surface area contributed by atoms with Gasteiger partial charge in [-0.25, -0.2) is 0 Å². The van der Waals surface area contributed by atoms with E-state index in [-0.39, 0.29) is 24.3 Å². The van der Waals surface area contributed by atoms with Gasteiger partial charge in [-0.15, -0.1) is 0 Å². The third-order valence-corrected chi connectivity index (χ3v) is 3.49. The molecule has 0 aliphatic rings. The number of hydrogen-bond donors (Lipinski definition) is 2. The molecule has 2 atom stereocenters. The van der Waals surface area contributed by atoms with E-state index in [2.05, 4.69) is 10.4 Å². The number of nitrogens with zero attached hydrogens (tertiary/aromatic N) is 2. The van der Waals surface area contributed by atoms with Gasteiger partial charge in [-0.05, 0) is 32.8 Å². The summed E-state index contributed by atoms with van der Waals surface area (Å²) in [7, 11) is 1.88. The molecule has 1 aromatic rings. The molecule has 1 aromatic heterocycles.